The number of ketones is 1. The maximum atomic E-state index is 12.0. The highest BCUT2D eigenvalue weighted by Gasteiger charge is 2.55. The molecule has 0 aromatic rings. The smallest absolute Gasteiger partial charge is 0.222 e. The van der Waals surface area contributed by atoms with Crippen LogP contribution in [0.3, 0.4) is 0 Å². The van der Waals surface area contributed by atoms with Gasteiger partial charge in [0.15, 0.2) is 0 Å². The van der Waals surface area contributed by atoms with Crippen molar-refractivity contribution < 1.29 is 14.8 Å². The van der Waals surface area contributed by atoms with Crippen LogP contribution in [-0.4, -0.2) is 27.0 Å². The predicted octanol–water partition coefficient (Wildman–Crippen LogP) is 2.33. The average molecular weight is 257 g/mol. The molecule has 0 amide bonds. The normalized spacial score (nSPS) is 36.3. The van der Waals surface area contributed by atoms with E-state index in [9.17, 15) is 20.0 Å². The third kappa shape index (κ3) is 2.41. The number of rotatable bonds is 5. The molecule has 1 aliphatic rings. The Bertz CT molecular complexity index is 344. The topological polar surface area (TPSA) is 80.4 Å². The molecule has 18 heavy (non-hydrogen) atoms. The molecule has 5 heteroatoms. The summed E-state index contributed by atoms with van der Waals surface area (Å²) in [5, 5.41) is 21.8. The first-order chi connectivity index (χ1) is 8.35. The Hall–Kier alpha value is -0.970. The molecule has 1 N–H and O–H groups in total. The van der Waals surface area contributed by atoms with Crippen molar-refractivity contribution in [3.05, 3.63) is 10.1 Å². The fourth-order valence-corrected chi connectivity index (χ4v) is 2.99. The summed E-state index contributed by atoms with van der Waals surface area (Å²) in [5.41, 5.74) is -2.08. The van der Waals surface area contributed by atoms with Gasteiger partial charge in [-0.2, -0.15) is 0 Å². The summed E-state index contributed by atoms with van der Waals surface area (Å²) < 4.78 is 0. The first kappa shape index (κ1) is 15.1. The lowest BCUT2D eigenvalue weighted by molar-refractivity contribution is -0.579. The number of carbonyl (C=O) groups excluding carboxylic acids is 1. The first-order valence-electron chi connectivity index (χ1n) is 6.74. The summed E-state index contributed by atoms with van der Waals surface area (Å²) in [7, 11) is 0. The van der Waals surface area contributed by atoms with Crippen molar-refractivity contribution in [2.75, 3.05) is 0 Å². The van der Waals surface area contributed by atoms with Crippen LogP contribution in [-0.2, 0) is 4.79 Å². The quantitative estimate of drug-likeness (QED) is 0.605. The van der Waals surface area contributed by atoms with E-state index in [2.05, 4.69) is 0 Å². The molecule has 0 bridgehead atoms. The van der Waals surface area contributed by atoms with Crippen molar-refractivity contribution in [3.8, 4) is 0 Å². The minimum atomic E-state index is -1.05. The van der Waals surface area contributed by atoms with Crippen LogP contribution in [0.2, 0.25) is 0 Å². The number of carbonyl (C=O) groups is 1. The van der Waals surface area contributed by atoms with E-state index in [0.717, 1.165) is 0 Å². The molecule has 0 heterocycles. The number of nitrogens with zero attached hydrogens (tertiary/aromatic N) is 1. The number of nitro groups is 1. The number of aliphatic hydroxyl groups is 1. The Balaban J connectivity index is 3.06. The van der Waals surface area contributed by atoms with Gasteiger partial charge in [0.1, 0.15) is 5.78 Å². The lowest BCUT2D eigenvalue weighted by Gasteiger charge is -2.43. The molecule has 0 aromatic heterocycles. The molecule has 1 fully saturated rings. The van der Waals surface area contributed by atoms with Gasteiger partial charge in [0, 0.05) is 30.6 Å². The average Bonchev–Trinajstić information content (AvgIpc) is 2.38. The van der Waals surface area contributed by atoms with Gasteiger partial charge in [-0.25, -0.2) is 0 Å². The molecule has 0 saturated heterocycles. The van der Waals surface area contributed by atoms with Crippen molar-refractivity contribution in [2.45, 2.75) is 70.4 Å². The van der Waals surface area contributed by atoms with Gasteiger partial charge in [0.2, 0.25) is 5.54 Å². The van der Waals surface area contributed by atoms with E-state index in [-0.39, 0.29) is 17.1 Å². The molecule has 1 aliphatic carbocycles. The van der Waals surface area contributed by atoms with Gasteiger partial charge in [-0.05, 0) is 12.8 Å². The highest BCUT2D eigenvalue weighted by molar-refractivity contribution is 5.82. The van der Waals surface area contributed by atoms with Crippen molar-refractivity contribution in [2.24, 2.45) is 5.92 Å². The zero-order valence-corrected chi connectivity index (χ0v) is 11.4. The van der Waals surface area contributed by atoms with E-state index in [4.69, 9.17) is 0 Å². The van der Waals surface area contributed by atoms with E-state index in [0.29, 0.717) is 32.1 Å². The second-order valence-corrected chi connectivity index (χ2v) is 5.37. The fourth-order valence-electron chi connectivity index (χ4n) is 2.99. The number of hydrogen-bond donors (Lipinski definition) is 1. The molecule has 0 aliphatic heterocycles. The molecule has 1 saturated carbocycles. The summed E-state index contributed by atoms with van der Waals surface area (Å²) in [4.78, 5) is 23.0. The zero-order chi connectivity index (χ0) is 14.0. The minimum absolute atomic E-state index is 0.0567. The molecule has 5 nitrogen and oxygen atoms in total. The largest absolute Gasteiger partial charge is 0.389 e. The summed E-state index contributed by atoms with van der Waals surface area (Å²) in [6, 6.07) is 0. The number of hydrogen-bond acceptors (Lipinski definition) is 4. The molecular formula is C13H23NO4. The molecule has 0 radical (unpaired) electrons. The Labute approximate surface area is 108 Å². The lowest BCUT2D eigenvalue weighted by Crippen LogP contribution is -2.54. The van der Waals surface area contributed by atoms with Crippen LogP contribution < -0.4 is 0 Å². The van der Waals surface area contributed by atoms with E-state index in [1.165, 1.54) is 0 Å². The van der Waals surface area contributed by atoms with Crippen LogP contribution in [0, 0.1) is 16.0 Å². The van der Waals surface area contributed by atoms with E-state index < -0.39 is 17.1 Å². The van der Waals surface area contributed by atoms with Gasteiger partial charge in [-0.15, -0.1) is 0 Å². The van der Waals surface area contributed by atoms with Crippen LogP contribution in [0.4, 0.5) is 0 Å². The summed E-state index contributed by atoms with van der Waals surface area (Å²) >= 11 is 0. The maximum absolute atomic E-state index is 12.0. The lowest BCUT2D eigenvalue weighted by atomic mass is 9.64. The Kier molecular flexibility index (Phi) is 4.48. The minimum Gasteiger partial charge on any atom is -0.389 e. The van der Waals surface area contributed by atoms with E-state index in [1.807, 2.05) is 6.92 Å². The molecule has 0 spiro atoms. The van der Waals surface area contributed by atoms with E-state index >= 15 is 0 Å². The standard InChI is InChI=1S/C13H23NO4/c1-4-11(15)10-9-12(5-2,14(17)18)7-8-13(10,16)6-3/h10,16H,4-9H2,1-3H3/t10-,12+,13-/m1/s1. The second-order valence-electron chi connectivity index (χ2n) is 5.37. The molecule has 0 unspecified atom stereocenters. The van der Waals surface area contributed by atoms with Gasteiger partial charge in [-0.1, -0.05) is 20.8 Å². The van der Waals surface area contributed by atoms with Gasteiger partial charge >= 0.3 is 0 Å². The van der Waals surface area contributed by atoms with Gasteiger partial charge < -0.3 is 5.11 Å². The maximum Gasteiger partial charge on any atom is 0.222 e. The Morgan fingerprint density at radius 3 is 2.33 bits per heavy atom. The molecular weight excluding hydrogens is 234 g/mol. The SMILES string of the molecule is CCC(=O)[C@H]1C[C@@](CC)([N+](=O)[O-])CC[C@]1(O)CC. The van der Waals surface area contributed by atoms with Gasteiger partial charge in [0.25, 0.3) is 0 Å². The third-order valence-corrected chi connectivity index (χ3v) is 4.65. The zero-order valence-electron chi connectivity index (χ0n) is 11.4. The predicted molar refractivity (Wildman–Crippen MR) is 67.9 cm³/mol. The molecule has 0 aromatic carbocycles. The summed E-state index contributed by atoms with van der Waals surface area (Å²) in [6.45, 7) is 5.36. The van der Waals surface area contributed by atoms with E-state index in [1.54, 1.807) is 13.8 Å². The van der Waals surface area contributed by atoms with Crippen molar-refractivity contribution in [1.29, 1.82) is 0 Å². The molecule has 1 rings (SSSR count). The van der Waals surface area contributed by atoms with Crippen molar-refractivity contribution in [1.82, 2.24) is 0 Å². The first-order valence-corrected chi connectivity index (χ1v) is 6.74. The fraction of sp³-hybridized carbons (Fsp3) is 0.923. The highest BCUT2D eigenvalue weighted by atomic mass is 16.6. The highest BCUT2D eigenvalue weighted by Crippen LogP contribution is 2.44. The monoisotopic (exact) mass is 257 g/mol. The third-order valence-electron chi connectivity index (χ3n) is 4.65. The van der Waals surface area contributed by atoms with Gasteiger partial charge in [-0.3, -0.25) is 14.9 Å². The Morgan fingerprint density at radius 2 is 1.94 bits per heavy atom. The van der Waals surface area contributed by atoms with Crippen molar-refractivity contribution >= 4 is 5.78 Å². The van der Waals surface area contributed by atoms with Crippen LogP contribution in [0.1, 0.15) is 59.3 Å². The van der Waals surface area contributed by atoms with Crippen LogP contribution >= 0.6 is 0 Å². The van der Waals surface area contributed by atoms with Gasteiger partial charge in [0.05, 0.1) is 11.5 Å². The molecule has 104 valence electrons. The molecule has 3 atom stereocenters. The van der Waals surface area contributed by atoms with Crippen LogP contribution in [0.15, 0.2) is 0 Å². The van der Waals surface area contributed by atoms with Crippen LogP contribution in [0.25, 0.3) is 0 Å². The summed E-state index contributed by atoms with van der Waals surface area (Å²) in [5.74, 6) is -0.648. The second kappa shape index (κ2) is 5.34. The van der Waals surface area contributed by atoms with Crippen molar-refractivity contribution in [3.63, 3.8) is 0 Å². The number of Topliss-reactive ketones (excluding diaryl/α,β-unsaturated/α-hetero) is 1. The summed E-state index contributed by atoms with van der Waals surface area (Å²) in [6.07, 6.45) is 2.08. The Morgan fingerprint density at radius 1 is 1.33 bits per heavy atom. The van der Waals surface area contributed by atoms with Crippen LogP contribution in [0.5, 0.6) is 0 Å².